The van der Waals surface area contributed by atoms with Gasteiger partial charge in [-0.15, -0.1) is 5.11 Å². The van der Waals surface area contributed by atoms with E-state index in [4.69, 9.17) is 23.2 Å². The van der Waals surface area contributed by atoms with Crippen LogP contribution in [-0.4, -0.2) is 0 Å². The molecule has 0 aliphatic carbocycles. The molecule has 0 spiro atoms. The summed E-state index contributed by atoms with van der Waals surface area (Å²) in [6.07, 6.45) is 0. The highest BCUT2D eigenvalue weighted by Gasteiger charge is 2.00. The van der Waals surface area contributed by atoms with E-state index in [1.54, 1.807) is 18.2 Å². The van der Waals surface area contributed by atoms with Crippen LogP contribution in [0.15, 0.2) is 55.7 Å². The highest BCUT2D eigenvalue weighted by molar-refractivity contribution is 9.11. The van der Waals surface area contributed by atoms with Crippen molar-refractivity contribution in [3.05, 3.63) is 55.4 Å². The number of benzene rings is 2. The number of nitrogens with one attached hydrogen (secondary N) is 1. The zero-order valence-corrected chi connectivity index (χ0v) is 14.1. The van der Waals surface area contributed by atoms with Crippen molar-refractivity contribution in [1.82, 2.24) is 0 Å². The second kappa shape index (κ2) is 6.70. The van der Waals surface area contributed by atoms with Crippen LogP contribution in [0.2, 0.25) is 10.0 Å². The van der Waals surface area contributed by atoms with Gasteiger partial charge in [-0.1, -0.05) is 44.4 Å². The zero-order valence-electron chi connectivity index (χ0n) is 9.37. The molecule has 0 aromatic heterocycles. The Hall–Kier alpha value is -0.620. The lowest BCUT2D eigenvalue weighted by molar-refractivity contribution is 1.13. The van der Waals surface area contributed by atoms with Crippen LogP contribution >= 0.6 is 55.1 Å². The first-order chi connectivity index (χ1) is 9.06. The molecule has 0 bridgehead atoms. The van der Waals surface area contributed by atoms with E-state index in [-0.39, 0.29) is 0 Å². The van der Waals surface area contributed by atoms with Gasteiger partial charge in [0.15, 0.2) is 0 Å². The van der Waals surface area contributed by atoms with Crippen LogP contribution in [0.4, 0.5) is 11.4 Å². The Morgan fingerprint density at radius 1 is 0.947 bits per heavy atom. The maximum atomic E-state index is 5.90. The molecular weight excluding hydrogens is 417 g/mol. The molecule has 0 heterocycles. The number of rotatable bonds is 3. The summed E-state index contributed by atoms with van der Waals surface area (Å²) in [5, 5.41) is 8.93. The van der Waals surface area contributed by atoms with E-state index in [2.05, 4.69) is 47.6 Å². The van der Waals surface area contributed by atoms with Crippen molar-refractivity contribution in [2.45, 2.75) is 0 Å². The molecule has 0 aliphatic heterocycles. The molecule has 7 heteroatoms. The Morgan fingerprint density at radius 2 is 1.74 bits per heavy atom. The lowest BCUT2D eigenvalue weighted by Crippen LogP contribution is -1.86. The number of anilines is 1. The van der Waals surface area contributed by atoms with Crippen LogP contribution in [0.1, 0.15) is 0 Å². The summed E-state index contributed by atoms with van der Waals surface area (Å²) < 4.78 is 1.82. The molecule has 0 fully saturated rings. The summed E-state index contributed by atoms with van der Waals surface area (Å²) in [6.45, 7) is 0. The van der Waals surface area contributed by atoms with Crippen molar-refractivity contribution < 1.29 is 0 Å². The second-order valence-corrected chi connectivity index (χ2v) is 6.12. The first-order valence-corrected chi connectivity index (χ1v) is 7.47. The highest BCUT2D eigenvalue weighted by atomic mass is 79.9. The van der Waals surface area contributed by atoms with Gasteiger partial charge in [-0.2, -0.15) is 0 Å². The van der Waals surface area contributed by atoms with E-state index < -0.39 is 0 Å². The average molecular weight is 424 g/mol. The standard InChI is InChI=1S/C12H7Br2Cl2N3/c13-7-1-4-12(9(14)5-7)18-19-17-8-2-3-10(15)11(16)6-8/h1-6H,(H,17,18). The highest BCUT2D eigenvalue weighted by Crippen LogP contribution is 2.29. The van der Waals surface area contributed by atoms with E-state index in [0.29, 0.717) is 15.7 Å². The summed E-state index contributed by atoms with van der Waals surface area (Å²) >= 11 is 18.5. The fraction of sp³-hybridized carbons (Fsp3) is 0. The first-order valence-electron chi connectivity index (χ1n) is 5.13. The van der Waals surface area contributed by atoms with Crippen LogP contribution < -0.4 is 5.43 Å². The largest absolute Gasteiger partial charge is 0.260 e. The van der Waals surface area contributed by atoms with Crippen LogP contribution in [0.3, 0.4) is 0 Å². The summed E-state index contributed by atoms with van der Waals surface area (Å²) in [5.74, 6) is 0. The van der Waals surface area contributed by atoms with Crippen molar-refractivity contribution in [3.63, 3.8) is 0 Å². The summed E-state index contributed by atoms with van der Waals surface area (Å²) in [6, 6.07) is 10.8. The van der Waals surface area contributed by atoms with Gasteiger partial charge >= 0.3 is 0 Å². The minimum atomic E-state index is 0.465. The van der Waals surface area contributed by atoms with Crippen LogP contribution in [0.25, 0.3) is 0 Å². The summed E-state index contributed by atoms with van der Waals surface area (Å²) in [7, 11) is 0. The van der Waals surface area contributed by atoms with Crippen LogP contribution in [0, 0.1) is 0 Å². The molecule has 0 radical (unpaired) electrons. The maximum absolute atomic E-state index is 5.90. The molecule has 3 nitrogen and oxygen atoms in total. The third-order valence-corrected chi connectivity index (χ3v) is 4.03. The normalized spacial score (nSPS) is 10.9. The van der Waals surface area contributed by atoms with Gasteiger partial charge in [0.1, 0.15) is 5.69 Å². The first kappa shape index (κ1) is 14.8. The zero-order chi connectivity index (χ0) is 13.8. The topological polar surface area (TPSA) is 36.8 Å². The molecule has 19 heavy (non-hydrogen) atoms. The van der Waals surface area contributed by atoms with Gasteiger partial charge in [-0.3, -0.25) is 5.43 Å². The number of hydrogen-bond acceptors (Lipinski definition) is 2. The second-order valence-electron chi connectivity index (χ2n) is 3.54. The predicted octanol–water partition coefficient (Wildman–Crippen LogP) is 6.63. The van der Waals surface area contributed by atoms with Gasteiger partial charge in [-0.05, 0) is 52.3 Å². The summed E-state index contributed by atoms with van der Waals surface area (Å²) in [5.41, 5.74) is 4.22. The van der Waals surface area contributed by atoms with E-state index in [1.165, 1.54) is 0 Å². The van der Waals surface area contributed by atoms with Gasteiger partial charge in [0, 0.05) is 8.95 Å². The van der Waals surface area contributed by atoms with Crippen LogP contribution in [0.5, 0.6) is 0 Å². The molecule has 0 unspecified atom stereocenters. The van der Waals surface area contributed by atoms with E-state index in [0.717, 1.165) is 14.6 Å². The molecule has 2 rings (SSSR count). The number of hydrogen-bond donors (Lipinski definition) is 1. The quantitative estimate of drug-likeness (QED) is 0.436. The van der Waals surface area contributed by atoms with E-state index >= 15 is 0 Å². The Kier molecular flexibility index (Phi) is 5.21. The lowest BCUT2D eigenvalue weighted by Gasteiger charge is -2.01. The van der Waals surface area contributed by atoms with E-state index in [9.17, 15) is 0 Å². The molecule has 2 aromatic rings. The average Bonchev–Trinajstić information content (AvgIpc) is 2.36. The van der Waals surface area contributed by atoms with Crippen molar-refractivity contribution in [1.29, 1.82) is 0 Å². The molecule has 1 N–H and O–H groups in total. The molecule has 0 saturated carbocycles. The van der Waals surface area contributed by atoms with Crippen molar-refractivity contribution in [2.24, 2.45) is 10.3 Å². The Balaban J connectivity index is 2.09. The SMILES string of the molecule is Clc1ccc(NN=Nc2ccc(Br)cc2Br)cc1Cl. The Morgan fingerprint density at radius 3 is 2.42 bits per heavy atom. The van der Waals surface area contributed by atoms with Gasteiger partial charge in [0.05, 0.1) is 15.7 Å². The smallest absolute Gasteiger partial charge is 0.102 e. The van der Waals surface area contributed by atoms with Crippen molar-refractivity contribution >= 4 is 66.4 Å². The molecular formula is C12H7Br2Cl2N3. The Bertz CT molecular complexity index is 632. The number of halogens is 4. The van der Waals surface area contributed by atoms with Crippen LogP contribution in [-0.2, 0) is 0 Å². The third-order valence-electron chi connectivity index (χ3n) is 2.17. The monoisotopic (exact) mass is 421 g/mol. The van der Waals surface area contributed by atoms with Gasteiger partial charge in [-0.25, -0.2) is 0 Å². The molecule has 0 amide bonds. The minimum absolute atomic E-state index is 0.465. The van der Waals surface area contributed by atoms with Crippen molar-refractivity contribution in [2.75, 3.05) is 5.43 Å². The fourth-order valence-electron chi connectivity index (χ4n) is 1.26. The maximum Gasteiger partial charge on any atom is 0.102 e. The molecule has 0 aliphatic rings. The lowest BCUT2D eigenvalue weighted by atomic mass is 10.3. The van der Waals surface area contributed by atoms with Gasteiger partial charge < -0.3 is 0 Å². The number of nitrogens with zero attached hydrogens (tertiary/aromatic N) is 2. The van der Waals surface area contributed by atoms with Gasteiger partial charge in [0.25, 0.3) is 0 Å². The van der Waals surface area contributed by atoms with Gasteiger partial charge in [0.2, 0.25) is 0 Å². The van der Waals surface area contributed by atoms with Crippen molar-refractivity contribution in [3.8, 4) is 0 Å². The molecule has 98 valence electrons. The predicted molar refractivity (Wildman–Crippen MR) is 86.4 cm³/mol. The fourth-order valence-corrected chi connectivity index (χ4v) is 2.69. The Labute approximate surface area is 137 Å². The summed E-state index contributed by atoms with van der Waals surface area (Å²) in [4.78, 5) is 0. The minimum Gasteiger partial charge on any atom is -0.260 e. The molecule has 2 aromatic carbocycles. The molecule has 0 atom stereocenters. The third kappa shape index (κ3) is 4.18. The van der Waals surface area contributed by atoms with E-state index in [1.807, 2.05) is 18.2 Å². The molecule has 0 saturated heterocycles.